The van der Waals surface area contributed by atoms with E-state index in [1.165, 1.54) is 0 Å². The minimum Gasteiger partial charge on any atom is -0.330 e. The zero-order valence-corrected chi connectivity index (χ0v) is 17.9. The van der Waals surface area contributed by atoms with E-state index in [0.717, 1.165) is 54.6 Å². The Morgan fingerprint density at radius 1 is 1.21 bits per heavy atom. The van der Waals surface area contributed by atoms with Gasteiger partial charge in [0.15, 0.2) is 0 Å². The van der Waals surface area contributed by atoms with Crippen molar-refractivity contribution >= 4 is 33.3 Å². The normalized spacial score (nSPS) is 31.9. The number of hydrogen-bond acceptors (Lipinski definition) is 4. The van der Waals surface area contributed by atoms with E-state index in [1.807, 2.05) is 28.6 Å². The highest BCUT2D eigenvalue weighted by molar-refractivity contribution is 7.17. The Labute approximate surface area is 176 Å². The number of fused-ring (bicyclic) bond motifs is 1. The number of nitrogens with one attached hydrogen (secondary N) is 1. The van der Waals surface area contributed by atoms with Crippen LogP contribution in [-0.4, -0.2) is 47.6 Å². The van der Waals surface area contributed by atoms with Crippen LogP contribution in [0.4, 0.5) is 10.5 Å². The van der Waals surface area contributed by atoms with Gasteiger partial charge < -0.3 is 10.2 Å². The molecule has 2 aliphatic carbocycles. The van der Waals surface area contributed by atoms with Crippen LogP contribution < -0.4 is 10.2 Å². The van der Waals surface area contributed by atoms with Crippen molar-refractivity contribution in [3.8, 4) is 0 Å². The monoisotopic (exact) mass is 408 g/mol. The summed E-state index contributed by atoms with van der Waals surface area (Å²) in [6.07, 6.45) is 14.3. The van der Waals surface area contributed by atoms with Gasteiger partial charge in [-0.3, -0.25) is 4.90 Å². The van der Waals surface area contributed by atoms with Crippen LogP contribution in [0.2, 0.25) is 0 Å². The highest BCUT2D eigenvalue weighted by Crippen LogP contribution is 2.47. The number of amides is 2. The Balaban J connectivity index is 1.38. The standard InChI is InChI=1S/C23H28N4OS/c1-26(2)23(17-7-4-3-5-8-17)13-11-22(12-14-23)15-27(21(28)25-22)19-10-6-9-18-20(19)29-16-24-18/h3-7,9-10,16-17H,8,11-15H2,1-2H3,(H,25,28)/t17?,22-,23+. The quantitative estimate of drug-likeness (QED) is 0.809. The van der Waals surface area contributed by atoms with E-state index in [4.69, 9.17) is 0 Å². The Morgan fingerprint density at radius 3 is 2.76 bits per heavy atom. The summed E-state index contributed by atoms with van der Waals surface area (Å²) in [6, 6.07) is 6.09. The molecule has 1 saturated carbocycles. The van der Waals surface area contributed by atoms with Gasteiger partial charge in [0, 0.05) is 5.54 Å². The largest absolute Gasteiger partial charge is 0.330 e. The number of benzene rings is 1. The highest BCUT2D eigenvalue weighted by Gasteiger charge is 2.51. The highest BCUT2D eigenvalue weighted by atomic mass is 32.1. The van der Waals surface area contributed by atoms with Crippen LogP contribution in [0.3, 0.4) is 0 Å². The number of hydrogen-bond donors (Lipinski definition) is 1. The van der Waals surface area contributed by atoms with Crippen LogP contribution in [0.5, 0.6) is 0 Å². The van der Waals surface area contributed by atoms with Crippen molar-refractivity contribution in [2.75, 3.05) is 25.5 Å². The van der Waals surface area contributed by atoms with Crippen LogP contribution in [0, 0.1) is 5.92 Å². The molecule has 1 aromatic carbocycles. The van der Waals surface area contributed by atoms with Gasteiger partial charge in [0.25, 0.3) is 0 Å². The Bertz CT molecular complexity index is 984. The Hall–Kier alpha value is -2.18. The number of anilines is 1. The lowest BCUT2D eigenvalue weighted by Gasteiger charge is -2.52. The minimum absolute atomic E-state index is 0.0312. The predicted molar refractivity (Wildman–Crippen MR) is 120 cm³/mol. The summed E-state index contributed by atoms with van der Waals surface area (Å²) >= 11 is 1.61. The second-order valence-electron chi connectivity index (χ2n) is 8.93. The molecule has 0 radical (unpaired) electrons. The molecule has 1 N–H and O–H groups in total. The molecule has 1 aliphatic heterocycles. The molecular weight excluding hydrogens is 380 g/mol. The topological polar surface area (TPSA) is 48.5 Å². The number of urea groups is 1. The maximum absolute atomic E-state index is 13.0. The molecule has 2 fully saturated rings. The van der Waals surface area contributed by atoms with E-state index in [1.54, 1.807) is 11.3 Å². The molecule has 1 atom stereocenters. The molecule has 0 bridgehead atoms. The zero-order chi connectivity index (χ0) is 20.1. The Kier molecular flexibility index (Phi) is 4.51. The lowest BCUT2D eigenvalue weighted by atomic mass is 9.65. The fraction of sp³-hybridized carbons (Fsp3) is 0.478. The summed E-state index contributed by atoms with van der Waals surface area (Å²) in [5.74, 6) is 0.541. The van der Waals surface area contributed by atoms with Gasteiger partial charge >= 0.3 is 6.03 Å². The molecule has 5 nitrogen and oxygen atoms in total. The van der Waals surface area contributed by atoms with Crippen LogP contribution in [-0.2, 0) is 0 Å². The molecule has 2 amide bonds. The number of nitrogens with zero attached hydrogens (tertiary/aromatic N) is 3. The first-order valence-corrected chi connectivity index (χ1v) is 11.3. The predicted octanol–water partition coefficient (Wildman–Crippen LogP) is 4.57. The third-order valence-corrected chi connectivity index (χ3v) is 8.20. The van der Waals surface area contributed by atoms with Crippen molar-refractivity contribution in [1.29, 1.82) is 0 Å². The van der Waals surface area contributed by atoms with Crippen molar-refractivity contribution in [2.24, 2.45) is 5.92 Å². The summed E-state index contributed by atoms with van der Waals surface area (Å²) in [7, 11) is 4.43. The van der Waals surface area contributed by atoms with E-state index in [9.17, 15) is 4.79 Å². The van der Waals surface area contributed by atoms with E-state index < -0.39 is 0 Å². The molecule has 1 unspecified atom stereocenters. The number of carbonyl (C=O) groups is 1. The molecule has 5 rings (SSSR count). The fourth-order valence-corrected chi connectivity index (χ4v) is 6.37. The van der Waals surface area contributed by atoms with Crippen molar-refractivity contribution < 1.29 is 4.79 Å². The summed E-state index contributed by atoms with van der Waals surface area (Å²) in [6.45, 7) is 0.743. The lowest BCUT2D eigenvalue weighted by Crippen LogP contribution is -2.58. The van der Waals surface area contributed by atoms with Crippen molar-refractivity contribution in [1.82, 2.24) is 15.2 Å². The third-order valence-electron chi connectivity index (χ3n) is 7.34. The fourth-order valence-electron chi connectivity index (χ4n) is 5.56. The van der Waals surface area contributed by atoms with Gasteiger partial charge in [-0.15, -0.1) is 11.3 Å². The lowest BCUT2D eigenvalue weighted by molar-refractivity contribution is 0.0322. The summed E-state index contributed by atoms with van der Waals surface area (Å²) in [4.78, 5) is 21.8. The molecule has 1 aromatic heterocycles. The number of aromatic nitrogens is 1. The first-order chi connectivity index (χ1) is 14.0. The SMILES string of the molecule is CN(C)[C@]1(C2C=CC=CC2)CC[C@]2(CC1)CN(c1cccc3ncsc13)C(=O)N2. The van der Waals surface area contributed by atoms with Gasteiger partial charge in [-0.05, 0) is 64.3 Å². The van der Waals surface area contributed by atoms with Gasteiger partial charge in [-0.25, -0.2) is 9.78 Å². The molecule has 29 heavy (non-hydrogen) atoms. The molecule has 1 saturated heterocycles. The second-order valence-corrected chi connectivity index (χ2v) is 9.78. The van der Waals surface area contributed by atoms with Crippen molar-refractivity contribution in [3.05, 3.63) is 48.0 Å². The van der Waals surface area contributed by atoms with Crippen molar-refractivity contribution in [2.45, 2.75) is 43.2 Å². The van der Waals surface area contributed by atoms with Crippen LogP contribution in [0.15, 0.2) is 48.0 Å². The molecule has 152 valence electrons. The summed E-state index contributed by atoms with van der Waals surface area (Å²) < 4.78 is 1.09. The average Bonchev–Trinajstić information content (AvgIpc) is 3.34. The Morgan fingerprint density at radius 2 is 2.03 bits per heavy atom. The van der Waals surface area contributed by atoms with Crippen LogP contribution >= 0.6 is 11.3 Å². The number of allylic oxidation sites excluding steroid dienone is 3. The van der Waals surface area contributed by atoms with Crippen molar-refractivity contribution in [3.63, 3.8) is 0 Å². The molecular formula is C23H28N4OS. The molecule has 2 aromatic rings. The number of thiazole rings is 1. The number of carbonyl (C=O) groups excluding carboxylic acids is 1. The minimum atomic E-state index is -0.127. The average molecular weight is 409 g/mol. The van der Waals surface area contributed by atoms with Gasteiger partial charge in [0.1, 0.15) is 0 Å². The molecule has 2 heterocycles. The van der Waals surface area contributed by atoms with E-state index in [2.05, 4.69) is 53.6 Å². The van der Waals surface area contributed by atoms with E-state index >= 15 is 0 Å². The molecule has 3 aliphatic rings. The van der Waals surface area contributed by atoms with E-state index in [0.29, 0.717) is 5.92 Å². The van der Waals surface area contributed by atoms with Crippen LogP contribution in [0.1, 0.15) is 32.1 Å². The van der Waals surface area contributed by atoms with Gasteiger partial charge in [-0.1, -0.05) is 30.4 Å². The maximum atomic E-state index is 13.0. The smallest absolute Gasteiger partial charge is 0.322 e. The van der Waals surface area contributed by atoms with Gasteiger partial charge in [-0.2, -0.15) is 0 Å². The van der Waals surface area contributed by atoms with Gasteiger partial charge in [0.2, 0.25) is 0 Å². The van der Waals surface area contributed by atoms with E-state index in [-0.39, 0.29) is 17.1 Å². The summed E-state index contributed by atoms with van der Waals surface area (Å²) in [5.41, 5.74) is 3.86. The molecule has 6 heteroatoms. The number of rotatable bonds is 3. The first-order valence-electron chi connectivity index (χ1n) is 10.5. The second kappa shape index (κ2) is 6.96. The maximum Gasteiger partial charge on any atom is 0.322 e. The van der Waals surface area contributed by atoms with Gasteiger partial charge in [0.05, 0.1) is 33.5 Å². The zero-order valence-electron chi connectivity index (χ0n) is 17.1. The summed E-state index contributed by atoms with van der Waals surface area (Å²) in [5, 5.41) is 3.38. The molecule has 1 spiro atoms. The first kappa shape index (κ1) is 18.8. The van der Waals surface area contributed by atoms with Crippen LogP contribution in [0.25, 0.3) is 10.2 Å². The third kappa shape index (κ3) is 3.01.